The summed E-state index contributed by atoms with van der Waals surface area (Å²) < 4.78 is 7.46. The standard InChI is InChI=1S/C19H29N7O.HI/c1-3-26-15-23-24-18(26)13-22-19(20-2)21-12-16-6-4-5-7-17(16)14-25-8-10-27-11-9-25;/h4-7,15H,3,8-14H2,1-2H3,(H2,20,21,22);1H. The molecule has 1 aliphatic rings. The molecule has 8 nitrogen and oxygen atoms in total. The van der Waals surface area contributed by atoms with Crippen LogP contribution >= 0.6 is 24.0 Å². The molecule has 0 atom stereocenters. The van der Waals surface area contributed by atoms with Crippen LogP contribution in [0.3, 0.4) is 0 Å². The summed E-state index contributed by atoms with van der Waals surface area (Å²) in [6.45, 7) is 8.80. The lowest BCUT2D eigenvalue weighted by Crippen LogP contribution is -2.38. The normalized spacial score (nSPS) is 15.1. The van der Waals surface area contributed by atoms with Crippen LogP contribution in [0.15, 0.2) is 35.6 Å². The molecular weight excluding hydrogens is 469 g/mol. The summed E-state index contributed by atoms with van der Waals surface area (Å²) in [5.41, 5.74) is 2.62. The molecule has 2 N–H and O–H groups in total. The van der Waals surface area contributed by atoms with Crippen molar-refractivity contribution in [3.05, 3.63) is 47.5 Å². The minimum Gasteiger partial charge on any atom is -0.379 e. The number of hydrogen-bond acceptors (Lipinski definition) is 5. The number of halogens is 1. The number of hydrogen-bond donors (Lipinski definition) is 2. The molecule has 2 aromatic rings. The van der Waals surface area contributed by atoms with Crippen LogP contribution in [-0.4, -0.2) is 59.0 Å². The number of ether oxygens (including phenoxy) is 1. The Morgan fingerprint density at radius 3 is 2.57 bits per heavy atom. The number of rotatable bonds is 7. The van der Waals surface area contributed by atoms with Crippen LogP contribution in [0, 0.1) is 0 Å². The van der Waals surface area contributed by atoms with Gasteiger partial charge >= 0.3 is 0 Å². The summed E-state index contributed by atoms with van der Waals surface area (Å²) in [6.07, 6.45) is 1.75. The maximum atomic E-state index is 5.45. The molecule has 2 heterocycles. The molecular formula is C19H30IN7O. The van der Waals surface area contributed by atoms with E-state index in [-0.39, 0.29) is 24.0 Å². The smallest absolute Gasteiger partial charge is 0.191 e. The molecule has 1 aromatic heterocycles. The molecule has 0 unspecified atom stereocenters. The lowest BCUT2D eigenvalue weighted by molar-refractivity contribution is 0.0341. The zero-order valence-corrected chi connectivity index (χ0v) is 18.9. The predicted molar refractivity (Wildman–Crippen MR) is 121 cm³/mol. The SMILES string of the molecule is CCn1cnnc1CNC(=NC)NCc1ccccc1CN1CCOCC1.I. The van der Waals surface area contributed by atoms with Crippen LogP contribution in [0.25, 0.3) is 0 Å². The molecule has 0 aliphatic carbocycles. The number of benzene rings is 1. The van der Waals surface area contributed by atoms with Gasteiger partial charge in [0.05, 0.1) is 19.8 Å². The maximum Gasteiger partial charge on any atom is 0.191 e. The minimum atomic E-state index is 0. The number of aliphatic imine (C=N–C) groups is 1. The summed E-state index contributed by atoms with van der Waals surface area (Å²) in [6, 6.07) is 8.56. The fourth-order valence-electron chi connectivity index (χ4n) is 3.13. The van der Waals surface area contributed by atoms with Gasteiger partial charge in [-0.2, -0.15) is 0 Å². The highest BCUT2D eigenvalue weighted by molar-refractivity contribution is 14.0. The summed E-state index contributed by atoms with van der Waals surface area (Å²) >= 11 is 0. The zero-order chi connectivity index (χ0) is 18.9. The first-order chi connectivity index (χ1) is 13.3. The van der Waals surface area contributed by atoms with Gasteiger partial charge in [-0.15, -0.1) is 34.2 Å². The van der Waals surface area contributed by atoms with Crippen molar-refractivity contribution in [2.75, 3.05) is 33.4 Å². The maximum absolute atomic E-state index is 5.45. The zero-order valence-electron chi connectivity index (χ0n) is 16.6. The minimum absolute atomic E-state index is 0. The third-order valence-electron chi connectivity index (χ3n) is 4.74. The Balaban J connectivity index is 0.00000280. The molecule has 154 valence electrons. The van der Waals surface area contributed by atoms with Crippen molar-refractivity contribution >= 4 is 29.9 Å². The second-order valence-electron chi connectivity index (χ2n) is 6.47. The first-order valence-electron chi connectivity index (χ1n) is 9.48. The Kier molecular flexibility index (Phi) is 9.65. The van der Waals surface area contributed by atoms with E-state index in [1.165, 1.54) is 11.1 Å². The lowest BCUT2D eigenvalue weighted by atomic mass is 10.1. The highest BCUT2D eigenvalue weighted by atomic mass is 127. The van der Waals surface area contributed by atoms with E-state index >= 15 is 0 Å². The molecule has 0 amide bonds. The van der Waals surface area contributed by atoms with E-state index in [4.69, 9.17) is 4.74 Å². The van der Waals surface area contributed by atoms with Crippen LogP contribution in [0.5, 0.6) is 0 Å². The number of guanidine groups is 1. The average molecular weight is 499 g/mol. The van der Waals surface area contributed by atoms with Crippen LogP contribution < -0.4 is 10.6 Å². The molecule has 1 fully saturated rings. The van der Waals surface area contributed by atoms with Gasteiger partial charge in [-0.1, -0.05) is 24.3 Å². The molecule has 1 saturated heterocycles. The first kappa shape index (κ1) is 22.6. The Hall–Kier alpha value is -1.72. The highest BCUT2D eigenvalue weighted by Crippen LogP contribution is 2.13. The number of morpholine rings is 1. The highest BCUT2D eigenvalue weighted by Gasteiger charge is 2.13. The van der Waals surface area contributed by atoms with Gasteiger partial charge in [0.2, 0.25) is 0 Å². The van der Waals surface area contributed by atoms with Crippen molar-refractivity contribution in [1.82, 2.24) is 30.3 Å². The van der Waals surface area contributed by atoms with Gasteiger partial charge in [-0.3, -0.25) is 9.89 Å². The van der Waals surface area contributed by atoms with Gasteiger partial charge in [0.25, 0.3) is 0 Å². The van der Waals surface area contributed by atoms with Crippen molar-refractivity contribution in [1.29, 1.82) is 0 Å². The molecule has 9 heteroatoms. The van der Waals surface area contributed by atoms with Gasteiger partial charge in [0, 0.05) is 39.8 Å². The molecule has 3 rings (SSSR count). The van der Waals surface area contributed by atoms with Gasteiger partial charge in [0.1, 0.15) is 6.33 Å². The lowest BCUT2D eigenvalue weighted by Gasteiger charge is -2.27. The quantitative estimate of drug-likeness (QED) is 0.343. The molecule has 0 bridgehead atoms. The Labute approximate surface area is 183 Å². The second-order valence-corrected chi connectivity index (χ2v) is 6.47. The van der Waals surface area contributed by atoms with Gasteiger partial charge in [0.15, 0.2) is 11.8 Å². The summed E-state index contributed by atoms with van der Waals surface area (Å²) in [7, 11) is 1.78. The summed E-state index contributed by atoms with van der Waals surface area (Å²) in [4.78, 5) is 6.75. The molecule has 0 spiro atoms. The van der Waals surface area contributed by atoms with E-state index < -0.39 is 0 Å². The van der Waals surface area contributed by atoms with Crippen LogP contribution in [0.1, 0.15) is 23.9 Å². The number of aromatic nitrogens is 3. The van der Waals surface area contributed by atoms with Crippen LogP contribution in [0.2, 0.25) is 0 Å². The summed E-state index contributed by atoms with van der Waals surface area (Å²) in [5, 5.41) is 14.8. The van der Waals surface area contributed by atoms with Crippen molar-refractivity contribution < 1.29 is 4.74 Å². The second kappa shape index (κ2) is 12.0. The molecule has 0 saturated carbocycles. The molecule has 0 radical (unpaired) electrons. The van der Waals surface area contributed by atoms with Crippen molar-refractivity contribution in [3.63, 3.8) is 0 Å². The largest absolute Gasteiger partial charge is 0.379 e. The Bertz CT molecular complexity index is 743. The number of nitrogens with zero attached hydrogens (tertiary/aromatic N) is 5. The van der Waals surface area contributed by atoms with Gasteiger partial charge in [-0.25, -0.2) is 0 Å². The van der Waals surface area contributed by atoms with E-state index in [9.17, 15) is 0 Å². The van der Waals surface area contributed by atoms with Gasteiger partial charge in [-0.05, 0) is 18.1 Å². The Morgan fingerprint density at radius 1 is 1.14 bits per heavy atom. The van der Waals surface area contributed by atoms with E-state index in [1.807, 2.05) is 4.57 Å². The monoisotopic (exact) mass is 499 g/mol. The van der Waals surface area contributed by atoms with Crippen LogP contribution in [-0.2, 0) is 30.9 Å². The molecule has 28 heavy (non-hydrogen) atoms. The van der Waals surface area contributed by atoms with Crippen molar-refractivity contribution in [2.45, 2.75) is 33.1 Å². The van der Waals surface area contributed by atoms with E-state index in [1.54, 1.807) is 13.4 Å². The predicted octanol–water partition coefficient (Wildman–Crippen LogP) is 1.61. The van der Waals surface area contributed by atoms with Gasteiger partial charge < -0.3 is 19.9 Å². The third kappa shape index (κ3) is 6.42. The Morgan fingerprint density at radius 2 is 1.86 bits per heavy atom. The van der Waals surface area contributed by atoms with E-state index in [2.05, 4.69) is 61.9 Å². The average Bonchev–Trinajstić information content (AvgIpc) is 3.17. The third-order valence-corrected chi connectivity index (χ3v) is 4.74. The van der Waals surface area contributed by atoms with E-state index in [0.717, 1.165) is 57.7 Å². The fraction of sp³-hybridized carbons (Fsp3) is 0.526. The topological polar surface area (TPSA) is 79.6 Å². The van der Waals surface area contributed by atoms with Crippen LogP contribution in [0.4, 0.5) is 0 Å². The van der Waals surface area contributed by atoms with E-state index in [0.29, 0.717) is 6.54 Å². The van der Waals surface area contributed by atoms with Crippen molar-refractivity contribution in [2.24, 2.45) is 4.99 Å². The van der Waals surface area contributed by atoms with Crippen molar-refractivity contribution in [3.8, 4) is 0 Å². The first-order valence-corrected chi connectivity index (χ1v) is 9.48. The molecule has 1 aliphatic heterocycles. The molecule has 1 aromatic carbocycles. The fourth-order valence-corrected chi connectivity index (χ4v) is 3.13. The number of aryl methyl sites for hydroxylation is 1. The summed E-state index contributed by atoms with van der Waals surface area (Å²) in [5.74, 6) is 1.65. The number of nitrogens with one attached hydrogen (secondary N) is 2.